The molecule has 0 bridgehead atoms. The van der Waals surface area contributed by atoms with E-state index in [2.05, 4.69) is 29.2 Å². The van der Waals surface area contributed by atoms with Crippen LogP contribution in [0.2, 0.25) is 0 Å². The Morgan fingerprint density at radius 1 is 0.952 bits per heavy atom. The number of hydrogen-bond donors (Lipinski definition) is 0. The maximum atomic E-state index is 5.55. The summed E-state index contributed by atoms with van der Waals surface area (Å²) in [5, 5.41) is 0. The Balaban J connectivity index is 1.34. The van der Waals surface area contributed by atoms with Crippen molar-refractivity contribution in [1.29, 1.82) is 0 Å². The van der Waals surface area contributed by atoms with Gasteiger partial charge in [-0.2, -0.15) is 0 Å². The summed E-state index contributed by atoms with van der Waals surface area (Å²) in [5.41, 5.74) is 2.79. The molecule has 0 unspecified atom stereocenters. The van der Waals surface area contributed by atoms with Crippen LogP contribution in [-0.2, 0) is 14.2 Å². The van der Waals surface area contributed by atoms with Gasteiger partial charge in [0.1, 0.15) is 0 Å². The molecule has 2 heterocycles. The van der Waals surface area contributed by atoms with Crippen LogP contribution in [0.3, 0.4) is 0 Å². The molecule has 114 valence electrons. The molecule has 0 N–H and O–H groups in total. The molecule has 3 aliphatic rings. The second-order valence-corrected chi connectivity index (χ2v) is 6.20. The standard InChI is InChI=1S/C17H23NO3/c1-3-15(18-5-7-19-8-6-18)4-2-13(1)16-11-14(16)12-17-20-9-10-21-17/h1-4,14,16-17H,5-12H2/t14-,16-/m1/s1. The molecule has 2 saturated heterocycles. The molecule has 21 heavy (non-hydrogen) atoms. The molecule has 4 heteroatoms. The highest BCUT2D eigenvalue weighted by Crippen LogP contribution is 2.50. The number of ether oxygens (including phenoxy) is 3. The topological polar surface area (TPSA) is 30.9 Å². The molecular formula is C17H23NO3. The predicted octanol–water partition coefficient (Wildman–Crippen LogP) is 2.39. The van der Waals surface area contributed by atoms with Crippen LogP contribution in [0.15, 0.2) is 24.3 Å². The summed E-state index contributed by atoms with van der Waals surface area (Å²) in [5.74, 6) is 1.44. The first kappa shape index (κ1) is 13.6. The molecule has 0 radical (unpaired) electrons. The van der Waals surface area contributed by atoms with Gasteiger partial charge in [0.15, 0.2) is 6.29 Å². The van der Waals surface area contributed by atoms with Crippen molar-refractivity contribution in [2.45, 2.75) is 25.0 Å². The van der Waals surface area contributed by atoms with E-state index in [1.807, 2.05) is 0 Å². The zero-order valence-electron chi connectivity index (χ0n) is 12.4. The second kappa shape index (κ2) is 5.95. The highest BCUT2D eigenvalue weighted by atomic mass is 16.7. The van der Waals surface area contributed by atoms with Gasteiger partial charge in [-0.3, -0.25) is 0 Å². The van der Waals surface area contributed by atoms with Crippen molar-refractivity contribution in [1.82, 2.24) is 0 Å². The lowest BCUT2D eigenvalue weighted by Gasteiger charge is -2.28. The normalized spacial score (nSPS) is 29.8. The van der Waals surface area contributed by atoms with Crippen molar-refractivity contribution in [3.8, 4) is 0 Å². The summed E-state index contributed by atoms with van der Waals surface area (Å²) in [4.78, 5) is 2.40. The van der Waals surface area contributed by atoms with Crippen LogP contribution in [-0.4, -0.2) is 45.8 Å². The van der Waals surface area contributed by atoms with E-state index in [-0.39, 0.29) is 6.29 Å². The molecule has 1 aliphatic carbocycles. The first-order valence-corrected chi connectivity index (χ1v) is 8.06. The van der Waals surface area contributed by atoms with Crippen LogP contribution < -0.4 is 4.90 Å². The minimum Gasteiger partial charge on any atom is -0.378 e. The number of morpholine rings is 1. The first-order chi connectivity index (χ1) is 10.4. The van der Waals surface area contributed by atoms with E-state index in [1.54, 1.807) is 0 Å². The van der Waals surface area contributed by atoms with E-state index in [1.165, 1.54) is 17.7 Å². The fourth-order valence-electron chi connectivity index (χ4n) is 3.46. The second-order valence-electron chi connectivity index (χ2n) is 6.20. The van der Waals surface area contributed by atoms with Gasteiger partial charge in [-0.15, -0.1) is 0 Å². The van der Waals surface area contributed by atoms with E-state index in [0.29, 0.717) is 5.92 Å². The number of benzene rings is 1. The van der Waals surface area contributed by atoms with E-state index in [9.17, 15) is 0 Å². The van der Waals surface area contributed by atoms with Gasteiger partial charge in [0.2, 0.25) is 0 Å². The Morgan fingerprint density at radius 3 is 2.38 bits per heavy atom. The van der Waals surface area contributed by atoms with Crippen molar-refractivity contribution in [3.05, 3.63) is 29.8 Å². The van der Waals surface area contributed by atoms with Gasteiger partial charge in [0, 0.05) is 25.2 Å². The van der Waals surface area contributed by atoms with Crippen LogP contribution in [0.1, 0.15) is 24.3 Å². The van der Waals surface area contributed by atoms with Crippen LogP contribution in [0.5, 0.6) is 0 Å². The number of nitrogens with zero attached hydrogens (tertiary/aromatic N) is 1. The molecule has 2 aliphatic heterocycles. The predicted molar refractivity (Wildman–Crippen MR) is 80.6 cm³/mol. The fraction of sp³-hybridized carbons (Fsp3) is 0.647. The van der Waals surface area contributed by atoms with E-state index < -0.39 is 0 Å². The van der Waals surface area contributed by atoms with Gasteiger partial charge < -0.3 is 19.1 Å². The third kappa shape index (κ3) is 3.07. The molecule has 4 nitrogen and oxygen atoms in total. The lowest BCUT2D eigenvalue weighted by atomic mass is 10.1. The third-order valence-corrected chi connectivity index (χ3v) is 4.81. The van der Waals surface area contributed by atoms with E-state index in [0.717, 1.165) is 51.9 Å². The van der Waals surface area contributed by atoms with Gasteiger partial charge in [-0.05, 0) is 36.0 Å². The number of rotatable bonds is 4. The number of anilines is 1. The van der Waals surface area contributed by atoms with Gasteiger partial charge in [0.25, 0.3) is 0 Å². The van der Waals surface area contributed by atoms with Crippen molar-refractivity contribution in [2.24, 2.45) is 5.92 Å². The molecule has 1 aromatic rings. The Hall–Kier alpha value is -1.10. The monoisotopic (exact) mass is 289 g/mol. The maximum absolute atomic E-state index is 5.55. The average molecular weight is 289 g/mol. The summed E-state index contributed by atoms with van der Waals surface area (Å²) < 4.78 is 16.5. The Kier molecular flexibility index (Phi) is 3.84. The van der Waals surface area contributed by atoms with Gasteiger partial charge in [-0.25, -0.2) is 0 Å². The molecule has 0 amide bonds. The van der Waals surface area contributed by atoms with E-state index in [4.69, 9.17) is 14.2 Å². The molecule has 2 atom stereocenters. The van der Waals surface area contributed by atoms with Crippen molar-refractivity contribution in [2.75, 3.05) is 44.4 Å². The largest absolute Gasteiger partial charge is 0.378 e. The molecule has 0 spiro atoms. The highest BCUT2D eigenvalue weighted by Gasteiger charge is 2.40. The molecule has 4 rings (SSSR count). The number of hydrogen-bond acceptors (Lipinski definition) is 4. The van der Waals surface area contributed by atoms with Crippen LogP contribution >= 0.6 is 0 Å². The van der Waals surface area contributed by atoms with Crippen molar-refractivity contribution < 1.29 is 14.2 Å². The Labute approximate surface area is 126 Å². The quantitative estimate of drug-likeness (QED) is 0.851. The molecule has 3 fully saturated rings. The lowest BCUT2D eigenvalue weighted by molar-refractivity contribution is -0.0505. The Bertz CT molecular complexity index is 463. The summed E-state index contributed by atoms with van der Waals surface area (Å²) in [6.45, 7) is 5.21. The first-order valence-electron chi connectivity index (χ1n) is 8.06. The van der Waals surface area contributed by atoms with Gasteiger partial charge in [0.05, 0.1) is 26.4 Å². The lowest BCUT2D eigenvalue weighted by Crippen LogP contribution is -2.36. The average Bonchev–Trinajstić information content (AvgIpc) is 3.11. The highest BCUT2D eigenvalue weighted by molar-refractivity contribution is 5.49. The SMILES string of the molecule is c1cc(N2CCOCC2)ccc1[C@H]1C[C@@H]1CC1OCCO1. The fourth-order valence-corrected chi connectivity index (χ4v) is 3.46. The van der Waals surface area contributed by atoms with Gasteiger partial charge >= 0.3 is 0 Å². The Morgan fingerprint density at radius 2 is 1.67 bits per heavy atom. The summed E-state index contributed by atoms with van der Waals surface area (Å²) in [6, 6.07) is 9.12. The molecular weight excluding hydrogens is 266 g/mol. The third-order valence-electron chi connectivity index (χ3n) is 4.81. The maximum Gasteiger partial charge on any atom is 0.158 e. The van der Waals surface area contributed by atoms with Crippen LogP contribution in [0.4, 0.5) is 5.69 Å². The van der Waals surface area contributed by atoms with Crippen LogP contribution in [0, 0.1) is 5.92 Å². The zero-order valence-corrected chi connectivity index (χ0v) is 12.4. The molecule has 1 aromatic carbocycles. The molecule has 1 saturated carbocycles. The summed E-state index contributed by atoms with van der Waals surface area (Å²) in [6.07, 6.45) is 2.38. The van der Waals surface area contributed by atoms with Crippen LogP contribution in [0.25, 0.3) is 0 Å². The zero-order chi connectivity index (χ0) is 14.1. The van der Waals surface area contributed by atoms with E-state index >= 15 is 0 Å². The summed E-state index contributed by atoms with van der Waals surface area (Å²) >= 11 is 0. The van der Waals surface area contributed by atoms with Crippen molar-refractivity contribution >= 4 is 5.69 Å². The molecule has 0 aromatic heterocycles. The summed E-state index contributed by atoms with van der Waals surface area (Å²) in [7, 11) is 0. The minimum atomic E-state index is 0.0487. The van der Waals surface area contributed by atoms with Crippen molar-refractivity contribution in [3.63, 3.8) is 0 Å². The smallest absolute Gasteiger partial charge is 0.158 e. The minimum absolute atomic E-state index is 0.0487. The van der Waals surface area contributed by atoms with Gasteiger partial charge in [-0.1, -0.05) is 12.1 Å².